The van der Waals surface area contributed by atoms with Gasteiger partial charge in [0.1, 0.15) is 0 Å². The van der Waals surface area contributed by atoms with E-state index in [0.29, 0.717) is 5.92 Å². The number of benzene rings is 1. The lowest BCUT2D eigenvalue weighted by Crippen LogP contribution is -2.59. The molecule has 0 radical (unpaired) electrons. The summed E-state index contributed by atoms with van der Waals surface area (Å²) in [5.74, 6) is 0.696. The molecule has 0 bridgehead atoms. The minimum atomic E-state index is 0.0993. The lowest BCUT2D eigenvalue weighted by molar-refractivity contribution is 0.0879. The summed E-state index contributed by atoms with van der Waals surface area (Å²) < 4.78 is 1.20. The van der Waals surface area contributed by atoms with Crippen molar-refractivity contribution in [2.24, 2.45) is 5.92 Å². The molecule has 1 aromatic carbocycles. The van der Waals surface area contributed by atoms with E-state index < -0.39 is 0 Å². The fourth-order valence-electron chi connectivity index (χ4n) is 4.02. The minimum absolute atomic E-state index is 0.0993. The Labute approximate surface area is 141 Å². The van der Waals surface area contributed by atoms with Crippen LogP contribution in [0.4, 0.5) is 0 Å². The van der Waals surface area contributed by atoms with Gasteiger partial charge in [-0.25, -0.2) is 0 Å². The topological polar surface area (TPSA) is 41.1 Å². The number of piperidine rings is 1. The fourth-order valence-corrected chi connectivity index (χ4v) is 5.08. The predicted octanol–water partition coefficient (Wildman–Crippen LogP) is 3.86. The van der Waals surface area contributed by atoms with E-state index in [1.54, 1.807) is 11.3 Å². The van der Waals surface area contributed by atoms with E-state index in [-0.39, 0.29) is 17.5 Å². The predicted molar refractivity (Wildman–Crippen MR) is 96.2 cm³/mol. The van der Waals surface area contributed by atoms with Crippen LogP contribution in [0.15, 0.2) is 24.3 Å². The van der Waals surface area contributed by atoms with Gasteiger partial charge in [-0.15, -0.1) is 11.3 Å². The maximum atomic E-state index is 12.8. The molecule has 1 saturated heterocycles. The van der Waals surface area contributed by atoms with Crippen LogP contribution in [0.3, 0.4) is 0 Å². The molecule has 2 fully saturated rings. The summed E-state index contributed by atoms with van der Waals surface area (Å²) in [6, 6.07) is 8.69. The molecule has 1 aromatic heterocycles. The highest BCUT2D eigenvalue weighted by molar-refractivity contribution is 7.20. The highest BCUT2D eigenvalue weighted by Crippen LogP contribution is 2.45. The Morgan fingerprint density at radius 3 is 2.96 bits per heavy atom. The Morgan fingerprint density at radius 2 is 2.22 bits per heavy atom. The van der Waals surface area contributed by atoms with Crippen molar-refractivity contribution in [2.45, 2.75) is 51.1 Å². The lowest BCUT2D eigenvalue weighted by Gasteiger charge is -2.39. The Morgan fingerprint density at radius 1 is 1.39 bits per heavy atom. The first kappa shape index (κ1) is 15.2. The lowest BCUT2D eigenvalue weighted by atomic mass is 9.83. The Hall–Kier alpha value is -1.39. The van der Waals surface area contributed by atoms with Crippen molar-refractivity contribution in [3.05, 3.63) is 34.7 Å². The third-order valence-electron chi connectivity index (χ3n) is 5.56. The summed E-state index contributed by atoms with van der Waals surface area (Å²) in [6.45, 7) is 5.43. The standard InChI is InChI=1S/C19H24N2OS/c1-3-13-6-9-20-19(7-8-19)17(13)21-18(22)16-11-14-5-4-12(2)10-15(14)23-16/h4-5,10-11,13,17,20H,3,6-9H2,1-2H3,(H,21,22). The van der Waals surface area contributed by atoms with E-state index in [4.69, 9.17) is 0 Å². The van der Waals surface area contributed by atoms with Crippen molar-refractivity contribution in [2.75, 3.05) is 6.54 Å². The average molecular weight is 328 g/mol. The number of carbonyl (C=O) groups is 1. The number of hydrogen-bond acceptors (Lipinski definition) is 3. The van der Waals surface area contributed by atoms with Crippen LogP contribution in [-0.2, 0) is 0 Å². The number of fused-ring (bicyclic) bond motifs is 1. The molecule has 1 aliphatic heterocycles. The highest BCUT2D eigenvalue weighted by Gasteiger charge is 2.53. The van der Waals surface area contributed by atoms with Gasteiger partial charge in [0, 0.05) is 10.2 Å². The van der Waals surface area contributed by atoms with Crippen LogP contribution in [0.25, 0.3) is 10.1 Å². The molecule has 4 heteroatoms. The van der Waals surface area contributed by atoms with Crippen LogP contribution >= 0.6 is 11.3 Å². The zero-order valence-corrected chi connectivity index (χ0v) is 14.6. The fraction of sp³-hybridized carbons (Fsp3) is 0.526. The van der Waals surface area contributed by atoms with E-state index in [1.807, 2.05) is 6.07 Å². The molecule has 2 unspecified atom stereocenters. The van der Waals surface area contributed by atoms with E-state index in [0.717, 1.165) is 24.3 Å². The third kappa shape index (κ3) is 2.68. The van der Waals surface area contributed by atoms with Gasteiger partial charge in [0.05, 0.1) is 10.9 Å². The molecule has 2 N–H and O–H groups in total. The second-order valence-electron chi connectivity index (χ2n) is 7.14. The van der Waals surface area contributed by atoms with Gasteiger partial charge in [-0.2, -0.15) is 0 Å². The molecule has 23 heavy (non-hydrogen) atoms. The number of amides is 1. The third-order valence-corrected chi connectivity index (χ3v) is 6.65. The first-order valence-electron chi connectivity index (χ1n) is 8.67. The molecular formula is C19H24N2OS. The van der Waals surface area contributed by atoms with Gasteiger partial charge in [0.15, 0.2) is 0 Å². The number of nitrogens with one attached hydrogen (secondary N) is 2. The summed E-state index contributed by atoms with van der Waals surface area (Å²) in [4.78, 5) is 13.7. The molecule has 2 heterocycles. The summed E-state index contributed by atoms with van der Waals surface area (Å²) in [5, 5.41) is 8.20. The van der Waals surface area contributed by atoms with E-state index in [9.17, 15) is 4.79 Å². The maximum Gasteiger partial charge on any atom is 0.261 e. The molecule has 2 atom stereocenters. The highest BCUT2D eigenvalue weighted by atomic mass is 32.1. The zero-order chi connectivity index (χ0) is 16.0. The Bertz CT molecular complexity index is 747. The van der Waals surface area contributed by atoms with Crippen LogP contribution in [0.1, 0.15) is 47.8 Å². The molecular weight excluding hydrogens is 304 g/mol. The summed E-state index contributed by atoms with van der Waals surface area (Å²) in [6.07, 6.45) is 4.69. The van der Waals surface area contributed by atoms with Crippen molar-refractivity contribution in [3.8, 4) is 0 Å². The summed E-state index contributed by atoms with van der Waals surface area (Å²) in [7, 11) is 0. The van der Waals surface area contributed by atoms with Crippen molar-refractivity contribution in [1.29, 1.82) is 0 Å². The quantitative estimate of drug-likeness (QED) is 0.898. The normalized spacial score (nSPS) is 25.7. The summed E-state index contributed by atoms with van der Waals surface area (Å²) >= 11 is 1.61. The smallest absolute Gasteiger partial charge is 0.261 e. The first-order chi connectivity index (χ1) is 11.1. The SMILES string of the molecule is CCC1CCNC2(CC2)C1NC(=O)c1cc2ccc(C)cc2s1. The van der Waals surface area contributed by atoms with Gasteiger partial charge in [0.2, 0.25) is 0 Å². The second-order valence-corrected chi connectivity index (χ2v) is 8.23. The second kappa shape index (κ2) is 5.60. The number of hydrogen-bond donors (Lipinski definition) is 2. The molecule has 1 amide bonds. The maximum absolute atomic E-state index is 12.8. The van der Waals surface area contributed by atoms with Crippen molar-refractivity contribution in [1.82, 2.24) is 10.6 Å². The average Bonchev–Trinajstić information content (AvgIpc) is 3.18. The molecule has 1 saturated carbocycles. The molecule has 122 valence electrons. The van der Waals surface area contributed by atoms with Crippen molar-refractivity contribution >= 4 is 27.3 Å². The Balaban J connectivity index is 1.58. The van der Waals surface area contributed by atoms with Crippen LogP contribution in [-0.4, -0.2) is 24.0 Å². The van der Waals surface area contributed by atoms with E-state index >= 15 is 0 Å². The summed E-state index contributed by atoms with van der Waals surface area (Å²) in [5.41, 5.74) is 1.42. The van der Waals surface area contributed by atoms with Gasteiger partial charge in [-0.05, 0) is 61.7 Å². The van der Waals surface area contributed by atoms with Gasteiger partial charge in [0.25, 0.3) is 5.91 Å². The molecule has 1 spiro atoms. The van der Waals surface area contributed by atoms with Crippen LogP contribution in [0.2, 0.25) is 0 Å². The van der Waals surface area contributed by atoms with Crippen LogP contribution < -0.4 is 10.6 Å². The molecule has 1 aliphatic carbocycles. The number of carbonyl (C=O) groups excluding carboxylic acids is 1. The van der Waals surface area contributed by atoms with Gasteiger partial charge in [-0.1, -0.05) is 25.5 Å². The van der Waals surface area contributed by atoms with E-state index in [2.05, 4.69) is 42.7 Å². The van der Waals surface area contributed by atoms with Crippen molar-refractivity contribution < 1.29 is 4.79 Å². The zero-order valence-electron chi connectivity index (χ0n) is 13.8. The monoisotopic (exact) mass is 328 g/mol. The number of thiophene rings is 1. The molecule has 2 aliphatic rings. The minimum Gasteiger partial charge on any atom is -0.346 e. The molecule has 3 nitrogen and oxygen atoms in total. The molecule has 4 rings (SSSR count). The number of aryl methyl sites for hydroxylation is 1. The van der Waals surface area contributed by atoms with Gasteiger partial charge < -0.3 is 10.6 Å². The van der Waals surface area contributed by atoms with E-state index in [1.165, 1.54) is 28.5 Å². The first-order valence-corrected chi connectivity index (χ1v) is 9.49. The largest absolute Gasteiger partial charge is 0.346 e. The number of rotatable bonds is 3. The Kier molecular flexibility index (Phi) is 3.69. The van der Waals surface area contributed by atoms with Crippen LogP contribution in [0.5, 0.6) is 0 Å². The van der Waals surface area contributed by atoms with Crippen LogP contribution in [0, 0.1) is 12.8 Å². The van der Waals surface area contributed by atoms with Crippen molar-refractivity contribution in [3.63, 3.8) is 0 Å². The van der Waals surface area contributed by atoms with Gasteiger partial charge >= 0.3 is 0 Å². The molecule has 2 aromatic rings. The van der Waals surface area contributed by atoms with Gasteiger partial charge in [-0.3, -0.25) is 4.79 Å².